The number of hydrogen-bond acceptors (Lipinski definition) is 1. The summed E-state index contributed by atoms with van der Waals surface area (Å²) in [6, 6.07) is 0. The van der Waals surface area contributed by atoms with Crippen molar-refractivity contribution in [2.75, 3.05) is 7.11 Å². The molecule has 6 heavy (non-hydrogen) atoms. The molecule has 0 aromatic carbocycles. The minimum Gasteiger partial charge on any atom is -1.00 e. The summed E-state index contributed by atoms with van der Waals surface area (Å²) >= 11 is 0. The van der Waals surface area contributed by atoms with Gasteiger partial charge in [0.15, 0.2) is 0 Å². The molecule has 0 atom stereocenters. The van der Waals surface area contributed by atoms with E-state index < -0.39 is 0 Å². The molecule has 4 heteroatoms. The molecule has 0 saturated heterocycles. The van der Waals surface area contributed by atoms with Gasteiger partial charge in [-0.3, -0.25) is 0 Å². The molecule has 0 amide bonds. The maximum Gasteiger partial charge on any atom is 0.0319 e. The van der Waals surface area contributed by atoms with Crippen molar-refractivity contribution in [3.63, 3.8) is 0 Å². The minimum absolute atomic E-state index is 0. The SMILES string of the molecule is CO.[CH3-].[Cl-].[Cl-].[Ti]. The molecule has 0 aliphatic heterocycles. The summed E-state index contributed by atoms with van der Waals surface area (Å²) < 4.78 is 0. The number of aliphatic hydroxyl groups excluding tert-OH is 1. The fourth-order valence-corrected chi connectivity index (χ4v) is 0. The number of rotatable bonds is 0. The van der Waals surface area contributed by atoms with Crippen LogP contribution in [0.2, 0.25) is 0 Å². The number of aliphatic hydroxyl groups is 1. The van der Waals surface area contributed by atoms with Crippen molar-refractivity contribution in [2.24, 2.45) is 0 Å². The summed E-state index contributed by atoms with van der Waals surface area (Å²) in [6.45, 7) is 0. The second-order valence-corrected chi connectivity index (χ2v) is 0. The number of halogens is 2. The zero-order valence-corrected chi connectivity index (χ0v) is 6.78. The van der Waals surface area contributed by atoms with Crippen molar-refractivity contribution >= 4 is 0 Å². The Balaban J connectivity index is -0.000000000833. The molecule has 42 valence electrons. The third kappa shape index (κ3) is 60.4. The van der Waals surface area contributed by atoms with Crippen LogP contribution in [-0.2, 0) is 21.7 Å². The molecule has 0 aromatic heterocycles. The molecule has 0 saturated carbocycles. The molecule has 0 radical (unpaired) electrons. The van der Waals surface area contributed by atoms with Gasteiger partial charge < -0.3 is 37.3 Å². The summed E-state index contributed by atoms with van der Waals surface area (Å²) in [6.07, 6.45) is 0. The molecule has 0 aliphatic rings. The Labute approximate surface area is 66.2 Å². The molecule has 0 spiro atoms. The average molecular weight is 166 g/mol. The predicted molar refractivity (Wildman–Crippen MR) is 14.6 cm³/mol. The Morgan fingerprint density at radius 1 is 1.00 bits per heavy atom. The van der Waals surface area contributed by atoms with Crippen molar-refractivity contribution in [1.29, 1.82) is 0 Å². The first-order chi connectivity index (χ1) is 1.00. The second kappa shape index (κ2) is 110. The zero-order chi connectivity index (χ0) is 2.00. The van der Waals surface area contributed by atoms with Gasteiger partial charge in [-0.15, -0.1) is 0 Å². The van der Waals surface area contributed by atoms with Crippen molar-refractivity contribution in [1.82, 2.24) is 0 Å². The summed E-state index contributed by atoms with van der Waals surface area (Å²) in [7, 11) is 1.00. The fraction of sp³-hybridized carbons (Fsp3) is 0.500. The second-order valence-electron chi connectivity index (χ2n) is 0. The van der Waals surface area contributed by atoms with Crippen LogP contribution >= 0.6 is 0 Å². The van der Waals surface area contributed by atoms with Crippen LogP contribution in [-0.4, -0.2) is 12.2 Å². The van der Waals surface area contributed by atoms with Gasteiger partial charge in [0.05, 0.1) is 0 Å². The van der Waals surface area contributed by atoms with Crippen LogP contribution in [0.15, 0.2) is 0 Å². The molecule has 0 unspecified atom stereocenters. The maximum absolute atomic E-state index is 7.00. The third-order valence-electron chi connectivity index (χ3n) is 0. The Bertz CT molecular complexity index is 11.5. The van der Waals surface area contributed by atoms with E-state index in [0.29, 0.717) is 0 Å². The molecule has 0 aliphatic carbocycles. The normalized spacial score (nSPS) is 1.00. The standard InChI is InChI=1S/CH4O.CH3.2ClH.Ti/c1-2;;;;/h2H,1H3;1H3;2*1H;/q;-1;;;/p-2. The van der Waals surface area contributed by atoms with Gasteiger partial charge in [-0.2, -0.15) is 0 Å². The molecule has 0 fully saturated rings. The first-order valence-electron chi connectivity index (χ1n) is 0.447. The van der Waals surface area contributed by atoms with Crippen LogP contribution in [0.1, 0.15) is 0 Å². The van der Waals surface area contributed by atoms with Gasteiger partial charge in [0.25, 0.3) is 0 Å². The van der Waals surface area contributed by atoms with Gasteiger partial charge in [-0.1, -0.05) is 0 Å². The molecular weight excluding hydrogens is 159 g/mol. The monoisotopic (exact) mass is 165 g/mol. The topological polar surface area (TPSA) is 20.2 Å². The molecule has 1 nitrogen and oxygen atoms in total. The van der Waals surface area contributed by atoms with E-state index in [4.69, 9.17) is 5.11 Å². The Hall–Kier alpha value is 1.25. The largest absolute Gasteiger partial charge is 1.00 e. The van der Waals surface area contributed by atoms with E-state index in [1.54, 1.807) is 0 Å². The predicted octanol–water partition coefficient (Wildman–Crippen LogP) is -5.94. The van der Waals surface area contributed by atoms with Crippen molar-refractivity contribution in [2.45, 2.75) is 0 Å². The van der Waals surface area contributed by atoms with Crippen molar-refractivity contribution < 1.29 is 51.6 Å². The molecule has 0 heterocycles. The summed E-state index contributed by atoms with van der Waals surface area (Å²) in [5.41, 5.74) is 0. The van der Waals surface area contributed by atoms with Crippen LogP contribution in [0.25, 0.3) is 0 Å². The molecule has 1 N–H and O–H groups in total. The first-order valence-corrected chi connectivity index (χ1v) is 0.447. The Kier molecular flexibility index (Phi) is 1020. The molecular formula is C2H7Cl2OTi-3. The van der Waals surface area contributed by atoms with E-state index in [-0.39, 0.29) is 54.0 Å². The van der Waals surface area contributed by atoms with E-state index in [0.717, 1.165) is 7.11 Å². The number of hydrogen-bond donors (Lipinski definition) is 1. The van der Waals surface area contributed by atoms with Gasteiger partial charge in [-0.05, 0) is 0 Å². The van der Waals surface area contributed by atoms with E-state index >= 15 is 0 Å². The maximum atomic E-state index is 7.00. The molecule has 0 aromatic rings. The van der Waals surface area contributed by atoms with Crippen LogP contribution in [0, 0.1) is 7.43 Å². The minimum atomic E-state index is 0. The van der Waals surface area contributed by atoms with Crippen LogP contribution in [0.3, 0.4) is 0 Å². The van der Waals surface area contributed by atoms with Gasteiger partial charge in [-0.25, -0.2) is 0 Å². The Morgan fingerprint density at radius 2 is 1.00 bits per heavy atom. The van der Waals surface area contributed by atoms with Crippen molar-refractivity contribution in [3.8, 4) is 0 Å². The quantitative estimate of drug-likeness (QED) is 0.280. The Morgan fingerprint density at radius 3 is 1.00 bits per heavy atom. The average Bonchev–Trinajstić information content (AvgIpc) is 1.00. The fourth-order valence-electron chi connectivity index (χ4n) is 0. The molecule has 0 rings (SSSR count). The van der Waals surface area contributed by atoms with Crippen LogP contribution in [0.4, 0.5) is 0 Å². The first kappa shape index (κ1) is 55.8. The zero-order valence-electron chi connectivity index (χ0n) is 3.70. The van der Waals surface area contributed by atoms with Gasteiger partial charge >= 0.3 is 0 Å². The van der Waals surface area contributed by atoms with Crippen molar-refractivity contribution in [3.05, 3.63) is 7.43 Å². The smallest absolute Gasteiger partial charge is 0.0319 e. The summed E-state index contributed by atoms with van der Waals surface area (Å²) in [4.78, 5) is 0. The van der Waals surface area contributed by atoms with Crippen LogP contribution < -0.4 is 24.8 Å². The summed E-state index contributed by atoms with van der Waals surface area (Å²) in [5, 5.41) is 7.00. The van der Waals surface area contributed by atoms with Gasteiger partial charge in [0, 0.05) is 28.8 Å². The summed E-state index contributed by atoms with van der Waals surface area (Å²) in [5.74, 6) is 0. The molecule has 0 bridgehead atoms. The van der Waals surface area contributed by atoms with Gasteiger partial charge in [0.2, 0.25) is 0 Å². The third-order valence-corrected chi connectivity index (χ3v) is 0. The van der Waals surface area contributed by atoms with E-state index in [1.807, 2.05) is 0 Å². The van der Waals surface area contributed by atoms with E-state index in [9.17, 15) is 0 Å². The van der Waals surface area contributed by atoms with E-state index in [2.05, 4.69) is 0 Å². The van der Waals surface area contributed by atoms with E-state index in [1.165, 1.54) is 0 Å². The van der Waals surface area contributed by atoms with Gasteiger partial charge in [0.1, 0.15) is 0 Å². The van der Waals surface area contributed by atoms with Crippen LogP contribution in [0.5, 0.6) is 0 Å².